The molecule has 0 atom stereocenters. The number of rotatable bonds is 7. The summed E-state index contributed by atoms with van der Waals surface area (Å²) >= 11 is 0. The molecule has 0 aromatic carbocycles. The van der Waals surface area contributed by atoms with E-state index >= 15 is 0 Å². The highest BCUT2D eigenvalue weighted by atomic mass is 32.2. The van der Waals surface area contributed by atoms with E-state index in [1.165, 1.54) is 13.1 Å². The highest BCUT2D eigenvalue weighted by Crippen LogP contribution is 2.28. The van der Waals surface area contributed by atoms with Crippen molar-refractivity contribution in [3.8, 4) is 11.9 Å². The number of hydrogen-bond acceptors (Lipinski definition) is 8. The van der Waals surface area contributed by atoms with Crippen molar-refractivity contribution in [3.63, 3.8) is 0 Å². The minimum absolute atomic E-state index is 0.0196. The quantitative estimate of drug-likeness (QED) is 0.808. The van der Waals surface area contributed by atoms with Crippen LogP contribution in [0.5, 0.6) is 11.9 Å². The monoisotopic (exact) mass is 342 g/mol. The first kappa shape index (κ1) is 17.0. The van der Waals surface area contributed by atoms with Gasteiger partial charge in [-0.2, -0.15) is 4.98 Å². The highest BCUT2D eigenvalue weighted by molar-refractivity contribution is 7.92. The fraction of sp³-hybridized carbons (Fsp3) is 0.462. The SMILES string of the molecule is CCOc1ncc(NS(=O)(=O)c2c(C)noc2C)c(OCC)n1. The van der Waals surface area contributed by atoms with Gasteiger partial charge in [0.15, 0.2) is 10.7 Å². The molecule has 0 radical (unpaired) electrons. The number of anilines is 1. The van der Waals surface area contributed by atoms with E-state index in [0.29, 0.717) is 13.2 Å². The number of hydrogen-bond donors (Lipinski definition) is 1. The molecule has 2 aromatic rings. The second kappa shape index (κ2) is 6.82. The van der Waals surface area contributed by atoms with E-state index in [1.54, 1.807) is 20.8 Å². The summed E-state index contributed by atoms with van der Waals surface area (Å²) in [5.74, 6) is 0.279. The topological polar surface area (TPSA) is 116 Å². The highest BCUT2D eigenvalue weighted by Gasteiger charge is 2.26. The largest absolute Gasteiger partial charge is 0.476 e. The van der Waals surface area contributed by atoms with Crippen LogP contribution in [-0.2, 0) is 10.0 Å². The first-order valence-electron chi connectivity index (χ1n) is 6.97. The lowest BCUT2D eigenvalue weighted by Crippen LogP contribution is -2.16. The fourth-order valence-electron chi connectivity index (χ4n) is 1.92. The van der Waals surface area contributed by atoms with Crippen LogP contribution in [-0.4, -0.2) is 36.8 Å². The molecule has 0 amide bonds. The van der Waals surface area contributed by atoms with Crippen molar-refractivity contribution in [2.45, 2.75) is 32.6 Å². The van der Waals surface area contributed by atoms with Crippen LogP contribution in [0.25, 0.3) is 0 Å². The van der Waals surface area contributed by atoms with Crippen molar-refractivity contribution in [1.29, 1.82) is 0 Å². The van der Waals surface area contributed by atoms with Crippen LogP contribution < -0.4 is 14.2 Å². The van der Waals surface area contributed by atoms with Crippen molar-refractivity contribution >= 4 is 15.7 Å². The van der Waals surface area contributed by atoms with Crippen molar-refractivity contribution in [3.05, 3.63) is 17.7 Å². The zero-order valence-corrected chi connectivity index (χ0v) is 14.1. The molecule has 0 bridgehead atoms. The van der Waals surface area contributed by atoms with Crippen LogP contribution >= 0.6 is 0 Å². The third-order valence-corrected chi connectivity index (χ3v) is 4.38. The molecule has 2 heterocycles. The summed E-state index contributed by atoms with van der Waals surface area (Å²) in [6.45, 7) is 7.31. The molecule has 2 rings (SSSR count). The predicted octanol–water partition coefficient (Wildman–Crippen LogP) is 1.68. The Kier molecular flexibility index (Phi) is 5.04. The van der Waals surface area contributed by atoms with E-state index in [-0.39, 0.29) is 33.9 Å². The molecule has 0 aliphatic carbocycles. The van der Waals surface area contributed by atoms with Crippen LogP contribution in [0.3, 0.4) is 0 Å². The summed E-state index contributed by atoms with van der Waals surface area (Å²) in [5.41, 5.74) is 0.370. The first-order chi connectivity index (χ1) is 10.9. The molecular weight excluding hydrogens is 324 g/mol. The van der Waals surface area contributed by atoms with Crippen molar-refractivity contribution in [1.82, 2.24) is 15.1 Å². The van der Waals surface area contributed by atoms with E-state index in [4.69, 9.17) is 14.0 Å². The van der Waals surface area contributed by atoms with Crippen LogP contribution in [0.15, 0.2) is 15.6 Å². The Labute approximate surface area is 134 Å². The molecule has 2 aromatic heterocycles. The van der Waals surface area contributed by atoms with Gasteiger partial charge in [0.05, 0.1) is 19.4 Å². The molecule has 10 heteroatoms. The number of nitrogens with zero attached hydrogens (tertiary/aromatic N) is 3. The number of aromatic nitrogens is 3. The Balaban J connectivity index is 2.38. The molecule has 0 aliphatic heterocycles. The maximum atomic E-state index is 12.5. The van der Waals surface area contributed by atoms with Gasteiger partial charge in [0.25, 0.3) is 10.0 Å². The summed E-state index contributed by atoms with van der Waals surface area (Å²) in [4.78, 5) is 7.96. The van der Waals surface area contributed by atoms with E-state index < -0.39 is 10.0 Å². The molecule has 9 nitrogen and oxygen atoms in total. The standard InChI is InChI=1S/C13H18N4O5S/c1-5-20-12-10(7-14-13(15-12)21-6-2)17-23(18,19)11-8(3)16-22-9(11)4/h7,17H,5-6H2,1-4H3. The van der Waals surface area contributed by atoms with Crippen LogP contribution in [0.4, 0.5) is 5.69 Å². The molecule has 1 N–H and O–H groups in total. The maximum absolute atomic E-state index is 12.5. The summed E-state index contributed by atoms with van der Waals surface area (Å²) in [5, 5.41) is 3.64. The third-order valence-electron chi connectivity index (χ3n) is 2.77. The van der Waals surface area contributed by atoms with Gasteiger partial charge in [-0.1, -0.05) is 5.16 Å². The lowest BCUT2D eigenvalue weighted by Gasteiger charge is -2.12. The zero-order valence-electron chi connectivity index (χ0n) is 13.3. The second-order valence-corrected chi connectivity index (χ2v) is 6.12. The minimum atomic E-state index is -3.90. The predicted molar refractivity (Wildman–Crippen MR) is 81.2 cm³/mol. The van der Waals surface area contributed by atoms with E-state index in [2.05, 4.69) is 19.8 Å². The van der Waals surface area contributed by atoms with E-state index in [9.17, 15) is 8.42 Å². The van der Waals surface area contributed by atoms with Gasteiger partial charge in [0.2, 0.25) is 5.88 Å². The summed E-state index contributed by atoms with van der Waals surface area (Å²) in [6.07, 6.45) is 1.29. The molecule has 0 aliphatic rings. The summed E-state index contributed by atoms with van der Waals surface area (Å²) in [7, 11) is -3.90. The number of ether oxygens (including phenoxy) is 2. The Morgan fingerprint density at radius 1 is 1.22 bits per heavy atom. The molecule has 0 spiro atoms. The number of aryl methyl sites for hydroxylation is 2. The van der Waals surface area contributed by atoms with Crippen LogP contribution in [0.1, 0.15) is 25.3 Å². The molecule has 0 saturated heterocycles. The first-order valence-corrected chi connectivity index (χ1v) is 8.45. The molecule has 23 heavy (non-hydrogen) atoms. The molecule has 0 saturated carbocycles. The van der Waals surface area contributed by atoms with Crippen LogP contribution in [0, 0.1) is 13.8 Å². The number of nitrogens with one attached hydrogen (secondary N) is 1. The maximum Gasteiger partial charge on any atom is 0.319 e. The van der Waals surface area contributed by atoms with Gasteiger partial charge in [-0.3, -0.25) is 4.72 Å². The minimum Gasteiger partial charge on any atom is -0.476 e. The Morgan fingerprint density at radius 3 is 2.48 bits per heavy atom. The van der Waals surface area contributed by atoms with Crippen molar-refractivity contribution < 1.29 is 22.4 Å². The smallest absolute Gasteiger partial charge is 0.319 e. The third kappa shape index (κ3) is 3.70. The Hall–Kier alpha value is -2.36. The lowest BCUT2D eigenvalue weighted by molar-refractivity contribution is 0.290. The lowest BCUT2D eigenvalue weighted by atomic mass is 10.4. The molecule has 126 valence electrons. The Bertz CT molecular complexity index is 768. The fourth-order valence-corrected chi connectivity index (χ4v) is 3.29. The van der Waals surface area contributed by atoms with Gasteiger partial charge >= 0.3 is 6.01 Å². The van der Waals surface area contributed by atoms with Gasteiger partial charge in [0, 0.05) is 0 Å². The van der Waals surface area contributed by atoms with Gasteiger partial charge in [-0.15, -0.1) is 0 Å². The van der Waals surface area contributed by atoms with Crippen molar-refractivity contribution in [2.75, 3.05) is 17.9 Å². The van der Waals surface area contributed by atoms with Crippen LogP contribution in [0.2, 0.25) is 0 Å². The second-order valence-electron chi connectivity index (χ2n) is 4.50. The summed E-state index contributed by atoms with van der Waals surface area (Å²) < 4.78 is 42.9. The van der Waals surface area contributed by atoms with E-state index in [1.807, 2.05) is 0 Å². The normalized spacial score (nSPS) is 11.3. The average molecular weight is 342 g/mol. The van der Waals surface area contributed by atoms with E-state index in [0.717, 1.165) is 0 Å². The molecule has 0 fully saturated rings. The molecular formula is C13H18N4O5S. The van der Waals surface area contributed by atoms with Gasteiger partial charge in [-0.25, -0.2) is 13.4 Å². The van der Waals surface area contributed by atoms with Crippen molar-refractivity contribution in [2.24, 2.45) is 0 Å². The zero-order chi connectivity index (χ0) is 17.0. The van der Waals surface area contributed by atoms with Gasteiger partial charge in [-0.05, 0) is 27.7 Å². The summed E-state index contributed by atoms with van der Waals surface area (Å²) in [6, 6.07) is 0.108. The molecule has 0 unspecified atom stereocenters. The van der Waals surface area contributed by atoms with Gasteiger partial charge < -0.3 is 14.0 Å². The number of sulfonamides is 1. The van der Waals surface area contributed by atoms with Gasteiger partial charge in [0.1, 0.15) is 11.4 Å². The average Bonchev–Trinajstić information content (AvgIpc) is 2.82. The Morgan fingerprint density at radius 2 is 1.91 bits per heavy atom.